The zero-order valence-electron chi connectivity index (χ0n) is 13.6. The van der Waals surface area contributed by atoms with Crippen molar-refractivity contribution < 1.29 is 18.8 Å². The van der Waals surface area contributed by atoms with Gasteiger partial charge in [-0.3, -0.25) is 9.59 Å². The van der Waals surface area contributed by atoms with E-state index in [2.05, 4.69) is 10.5 Å². The van der Waals surface area contributed by atoms with Crippen molar-refractivity contribution in [3.05, 3.63) is 23.6 Å². The second kappa shape index (κ2) is 5.94. The number of carbonyl (C=O) groups excluding carboxylic acids is 2. The van der Waals surface area contributed by atoms with Crippen LogP contribution < -0.4 is 5.32 Å². The molecule has 1 aromatic rings. The van der Waals surface area contributed by atoms with Gasteiger partial charge in [0.25, 0.3) is 0 Å². The van der Waals surface area contributed by atoms with E-state index >= 15 is 0 Å². The van der Waals surface area contributed by atoms with Gasteiger partial charge < -0.3 is 14.6 Å². The second-order valence-electron chi connectivity index (χ2n) is 6.71. The maximum Gasteiger partial charge on any atom is 0.317 e. The van der Waals surface area contributed by atoms with Crippen molar-refractivity contribution in [1.29, 1.82) is 0 Å². The molecule has 0 amide bonds. The number of allylic oxidation sites excluding steroid dienone is 2. The van der Waals surface area contributed by atoms with Gasteiger partial charge in [-0.1, -0.05) is 12.1 Å². The van der Waals surface area contributed by atoms with E-state index < -0.39 is 17.5 Å². The van der Waals surface area contributed by atoms with Gasteiger partial charge in [0.05, 0.1) is 0 Å². The summed E-state index contributed by atoms with van der Waals surface area (Å²) in [5.41, 5.74) is 0.128. The molecule has 1 N–H and O–H groups in total. The van der Waals surface area contributed by atoms with Crippen molar-refractivity contribution in [1.82, 2.24) is 5.16 Å². The first-order valence-electron chi connectivity index (χ1n) is 7.33. The number of anilines is 1. The zero-order chi connectivity index (χ0) is 16.5. The van der Waals surface area contributed by atoms with Crippen molar-refractivity contribution in [2.75, 3.05) is 5.32 Å². The van der Waals surface area contributed by atoms with Gasteiger partial charge in [-0.2, -0.15) is 0 Å². The molecular weight excluding hydrogens is 284 g/mol. The Labute approximate surface area is 129 Å². The number of carbonyl (C=O) groups is 2. The summed E-state index contributed by atoms with van der Waals surface area (Å²) in [7, 11) is 0. The van der Waals surface area contributed by atoms with Gasteiger partial charge in [-0.15, -0.1) is 0 Å². The summed E-state index contributed by atoms with van der Waals surface area (Å²) in [5, 5.41) is 6.89. The maximum atomic E-state index is 12.3. The zero-order valence-corrected chi connectivity index (χ0v) is 13.6. The summed E-state index contributed by atoms with van der Waals surface area (Å²) in [4.78, 5) is 24.5. The normalized spacial score (nSPS) is 22.2. The van der Waals surface area contributed by atoms with Crippen LogP contribution in [0.4, 0.5) is 5.82 Å². The van der Waals surface area contributed by atoms with Gasteiger partial charge in [0.2, 0.25) is 0 Å². The van der Waals surface area contributed by atoms with Crippen LogP contribution in [0.15, 0.2) is 22.4 Å². The standard InChI is InChI=1S/C16H22N2O4/c1-9-6-11(17-13-7-10(2)22-18-13)8-12(19)14(9)15(20)21-16(3,4)5/h7-9,14H,6H2,1-5H3,(H,17,18)/t9-,14+/m1/s1. The van der Waals surface area contributed by atoms with Crippen molar-refractivity contribution in [3.8, 4) is 0 Å². The minimum atomic E-state index is -0.746. The molecule has 2 rings (SSSR count). The molecule has 1 heterocycles. The van der Waals surface area contributed by atoms with Crippen LogP contribution in [0.1, 0.15) is 39.9 Å². The number of aryl methyl sites for hydroxylation is 1. The summed E-state index contributed by atoms with van der Waals surface area (Å²) in [6, 6.07) is 1.75. The Kier molecular flexibility index (Phi) is 4.39. The highest BCUT2D eigenvalue weighted by Crippen LogP contribution is 2.30. The minimum absolute atomic E-state index is 0.136. The Morgan fingerprint density at radius 1 is 1.45 bits per heavy atom. The van der Waals surface area contributed by atoms with Crippen LogP contribution in [0.25, 0.3) is 0 Å². The SMILES string of the molecule is Cc1cc(NC2=CC(=O)[C@@H](C(=O)OC(C)(C)C)[C@H](C)C2)no1. The van der Waals surface area contributed by atoms with Crippen molar-refractivity contribution in [2.45, 2.75) is 46.6 Å². The lowest BCUT2D eigenvalue weighted by molar-refractivity contribution is -0.163. The number of hydrogen-bond acceptors (Lipinski definition) is 6. The fourth-order valence-corrected chi connectivity index (χ4v) is 2.46. The van der Waals surface area contributed by atoms with E-state index in [1.807, 2.05) is 6.92 Å². The molecular formula is C16H22N2O4. The van der Waals surface area contributed by atoms with Crippen LogP contribution in [-0.4, -0.2) is 22.5 Å². The molecule has 0 radical (unpaired) electrons. The quantitative estimate of drug-likeness (QED) is 0.683. The van der Waals surface area contributed by atoms with Crippen molar-refractivity contribution in [3.63, 3.8) is 0 Å². The summed E-state index contributed by atoms with van der Waals surface area (Å²) >= 11 is 0. The van der Waals surface area contributed by atoms with Crippen LogP contribution in [0, 0.1) is 18.8 Å². The maximum absolute atomic E-state index is 12.3. The van der Waals surface area contributed by atoms with Crippen molar-refractivity contribution >= 4 is 17.6 Å². The van der Waals surface area contributed by atoms with Gasteiger partial charge in [0.1, 0.15) is 17.3 Å². The van der Waals surface area contributed by atoms with E-state index in [4.69, 9.17) is 9.26 Å². The number of nitrogens with one attached hydrogen (secondary N) is 1. The third kappa shape index (κ3) is 3.96. The highest BCUT2D eigenvalue weighted by Gasteiger charge is 2.38. The molecule has 1 aliphatic rings. The lowest BCUT2D eigenvalue weighted by Gasteiger charge is -2.29. The van der Waals surface area contributed by atoms with Crippen LogP contribution in [-0.2, 0) is 14.3 Å². The number of ketones is 1. The molecule has 6 nitrogen and oxygen atoms in total. The first-order chi connectivity index (χ1) is 10.2. The van der Waals surface area contributed by atoms with Crippen LogP contribution >= 0.6 is 0 Å². The van der Waals surface area contributed by atoms with Crippen LogP contribution in [0.2, 0.25) is 0 Å². The van der Waals surface area contributed by atoms with Gasteiger partial charge in [0.15, 0.2) is 11.6 Å². The van der Waals surface area contributed by atoms with Gasteiger partial charge in [-0.25, -0.2) is 0 Å². The van der Waals surface area contributed by atoms with Crippen LogP contribution in [0.3, 0.4) is 0 Å². The molecule has 1 aliphatic carbocycles. The fourth-order valence-electron chi connectivity index (χ4n) is 2.46. The molecule has 1 aromatic heterocycles. The Morgan fingerprint density at radius 3 is 2.64 bits per heavy atom. The molecule has 2 atom stereocenters. The number of aromatic nitrogens is 1. The van der Waals surface area contributed by atoms with E-state index in [0.29, 0.717) is 18.0 Å². The highest BCUT2D eigenvalue weighted by molar-refractivity contribution is 6.06. The Bertz CT molecular complexity index is 610. The minimum Gasteiger partial charge on any atom is -0.459 e. The average Bonchev–Trinajstić information content (AvgIpc) is 2.71. The molecule has 0 unspecified atom stereocenters. The summed E-state index contributed by atoms with van der Waals surface area (Å²) in [6.07, 6.45) is 2.03. The molecule has 0 bridgehead atoms. The van der Waals surface area contributed by atoms with E-state index in [1.54, 1.807) is 33.8 Å². The Balaban J connectivity index is 2.09. The largest absolute Gasteiger partial charge is 0.459 e. The predicted octanol–water partition coefficient (Wildman–Crippen LogP) is 2.85. The number of rotatable bonds is 3. The van der Waals surface area contributed by atoms with Gasteiger partial charge in [0, 0.05) is 17.8 Å². The molecule has 0 fully saturated rings. The topological polar surface area (TPSA) is 81.4 Å². The molecule has 6 heteroatoms. The fraction of sp³-hybridized carbons (Fsp3) is 0.562. The van der Waals surface area contributed by atoms with E-state index in [0.717, 1.165) is 5.70 Å². The summed E-state index contributed by atoms with van der Waals surface area (Å²) in [6.45, 7) is 9.03. The molecule has 0 spiro atoms. The third-order valence-electron chi connectivity index (χ3n) is 3.31. The Hall–Kier alpha value is -2.11. The predicted molar refractivity (Wildman–Crippen MR) is 81.1 cm³/mol. The number of ether oxygens (including phenoxy) is 1. The lowest BCUT2D eigenvalue weighted by Crippen LogP contribution is -2.38. The summed E-state index contributed by atoms with van der Waals surface area (Å²) in [5.74, 6) is -0.343. The first-order valence-corrected chi connectivity index (χ1v) is 7.33. The van der Waals surface area contributed by atoms with E-state index in [1.165, 1.54) is 6.08 Å². The average molecular weight is 306 g/mol. The molecule has 0 aromatic carbocycles. The number of hydrogen-bond donors (Lipinski definition) is 1. The molecule has 22 heavy (non-hydrogen) atoms. The lowest BCUT2D eigenvalue weighted by atomic mass is 9.82. The highest BCUT2D eigenvalue weighted by atomic mass is 16.6. The van der Waals surface area contributed by atoms with Gasteiger partial charge in [-0.05, 0) is 40.0 Å². The Morgan fingerprint density at radius 2 is 2.14 bits per heavy atom. The van der Waals surface area contributed by atoms with E-state index in [-0.39, 0.29) is 11.7 Å². The smallest absolute Gasteiger partial charge is 0.317 e. The monoisotopic (exact) mass is 306 g/mol. The van der Waals surface area contributed by atoms with Gasteiger partial charge >= 0.3 is 5.97 Å². The second-order valence-corrected chi connectivity index (χ2v) is 6.71. The first kappa shape index (κ1) is 16.3. The van der Waals surface area contributed by atoms with E-state index in [9.17, 15) is 9.59 Å². The summed E-state index contributed by atoms with van der Waals surface area (Å²) < 4.78 is 10.3. The molecule has 0 saturated carbocycles. The number of esters is 1. The molecule has 0 aliphatic heterocycles. The third-order valence-corrected chi connectivity index (χ3v) is 3.31. The van der Waals surface area contributed by atoms with Crippen LogP contribution in [0.5, 0.6) is 0 Å². The van der Waals surface area contributed by atoms with Crippen molar-refractivity contribution in [2.24, 2.45) is 11.8 Å². The number of nitrogens with zero attached hydrogens (tertiary/aromatic N) is 1. The molecule has 120 valence electrons. The molecule has 0 saturated heterocycles.